The Morgan fingerprint density at radius 3 is 2.75 bits per heavy atom. The summed E-state index contributed by atoms with van der Waals surface area (Å²) in [5.41, 5.74) is 2.87. The summed E-state index contributed by atoms with van der Waals surface area (Å²) >= 11 is 0. The maximum absolute atomic E-state index is 13.5. The minimum atomic E-state index is -0.285. The molecule has 0 aliphatic rings. The Balaban J connectivity index is 2.08. The average Bonchev–Trinajstić information content (AvgIpc) is 2.77. The van der Waals surface area contributed by atoms with Crippen molar-refractivity contribution in [3.05, 3.63) is 47.0 Å². The third-order valence-electron chi connectivity index (χ3n) is 3.09. The molecular weight excluding hydrogens is 257 g/mol. The second-order valence-electron chi connectivity index (χ2n) is 4.72. The molecule has 0 saturated carbocycles. The molecule has 0 atom stereocenters. The molecule has 108 valence electrons. The molecule has 0 fully saturated rings. The number of halogens is 1. The van der Waals surface area contributed by atoms with Crippen molar-refractivity contribution < 1.29 is 9.13 Å². The molecule has 2 rings (SSSR count). The van der Waals surface area contributed by atoms with Crippen LogP contribution in [0.15, 0.2) is 24.3 Å². The molecule has 1 aromatic heterocycles. The number of hydrogen-bond acceptors (Lipinski definition) is 3. The van der Waals surface area contributed by atoms with Crippen molar-refractivity contribution in [1.82, 2.24) is 15.1 Å². The van der Waals surface area contributed by atoms with Gasteiger partial charge in [0.1, 0.15) is 18.2 Å². The maximum atomic E-state index is 13.5. The van der Waals surface area contributed by atoms with E-state index in [0.29, 0.717) is 18.9 Å². The average molecular weight is 277 g/mol. The van der Waals surface area contributed by atoms with Crippen LogP contribution in [0.2, 0.25) is 0 Å². The van der Waals surface area contributed by atoms with Gasteiger partial charge in [0.05, 0.1) is 11.4 Å². The van der Waals surface area contributed by atoms with Crippen LogP contribution in [-0.2, 0) is 26.6 Å². The summed E-state index contributed by atoms with van der Waals surface area (Å²) < 4.78 is 21.0. The highest BCUT2D eigenvalue weighted by atomic mass is 19.1. The highest BCUT2D eigenvalue weighted by molar-refractivity contribution is 5.29. The Bertz CT molecular complexity index is 580. The van der Waals surface area contributed by atoms with Crippen LogP contribution in [0.4, 0.5) is 4.39 Å². The van der Waals surface area contributed by atoms with E-state index in [1.165, 1.54) is 12.1 Å². The van der Waals surface area contributed by atoms with E-state index in [0.717, 1.165) is 23.4 Å². The fourth-order valence-electron chi connectivity index (χ4n) is 2.05. The molecule has 4 nitrogen and oxygen atoms in total. The van der Waals surface area contributed by atoms with Gasteiger partial charge in [0, 0.05) is 19.7 Å². The van der Waals surface area contributed by atoms with Crippen LogP contribution in [0, 0.1) is 5.82 Å². The van der Waals surface area contributed by atoms with Crippen molar-refractivity contribution in [1.29, 1.82) is 0 Å². The molecular formula is C15H20FN3O. The lowest BCUT2D eigenvalue weighted by Gasteiger charge is -2.08. The Labute approximate surface area is 118 Å². The van der Waals surface area contributed by atoms with Gasteiger partial charge in [0.2, 0.25) is 0 Å². The minimum absolute atomic E-state index is 0.285. The van der Waals surface area contributed by atoms with E-state index < -0.39 is 0 Å². The van der Waals surface area contributed by atoms with Crippen molar-refractivity contribution in [2.45, 2.75) is 26.5 Å². The molecule has 20 heavy (non-hydrogen) atoms. The molecule has 0 aliphatic carbocycles. The van der Waals surface area contributed by atoms with Gasteiger partial charge in [0.25, 0.3) is 0 Å². The van der Waals surface area contributed by atoms with Crippen molar-refractivity contribution in [3.63, 3.8) is 0 Å². The molecule has 1 heterocycles. The number of hydrogen-bond donors (Lipinski definition) is 1. The second-order valence-corrected chi connectivity index (χ2v) is 4.72. The standard InChI is InChI=1S/C15H20FN3O/c1-4-13-8-14(19(3)18-13)10-20-15-6-11(9-17-2)5-12(16)7-15/h5-8,17H,4,9-10H2,1-3H3. The molecule has 1 aromatic carbocycles. The Hall–Kier alpha value is -1.88. The predicted molar refractivity (Wildman–Crippen MR) is 76.1 cm³/mol. The third kappa shape index (κ3) is 3.57. The molecule has 0 bridgehead atoms. The first-order valence-corrected chi connectivity index (χ1v) is 6.71. The van der Waals surface area contributed by atoms with E-state index in [2.05, 4.69) is 17.3 Å². The van der Waals surface area contributed by atoms with E-state index in [9.17, 15) is 4.39 Å². The smallest absolute Gasteiger partial charge is 0.130 e. The molecule has 0 spiro atoms. The normalized spacial score (nSPS) is 10.8. The summed E-state index contributed by atoms with van der Waals surface area (Å²) in [6.45, 7) is 3.05. The summed E-state index contributed by atoms with van der Waals surface area (Å²) in [7, 11) is 3.71. The third-order valence-corrected chi connectivity index (χ3v) is 3.09. The molecule has 0 amide bonds. The topological polar surface area (TPSA) is 39.1 Å². The van der Waals surface area contributed by atoms with Gasteiger partial charge in [-0.1, -0.05) is 6.92 Å². The quantitative estimate of drug-likeness (QED) is 0.881. The maximum Gasteiger partial charge on any atom is 0.130 e. The highest BCUT2D eigenvalue weighted by Gasteiger charge is 2.06. The predicted octanol–water partition coefficient (Wildman–Crippen LogP) is 2.42. The lowest BCUT2D eigenvalue weighted by Crippen LogP contribution is -2.06. The summed E-state index contributed by atoms with van der Waals surface area (Å²) in [6, 6.07) is 6.75. The molecule has 0 aliphatic heterocycles. The summed E-state index contributed by atoms with van der Waals surface area (Å²) in [5.74, 6) is 0.251. The van der Waals surface area contributed by atoms with E-state index >= 15 is 0 Å². The first-order valence-electron chi connectivity index (χ1n) is 6.71. The van der Waals surface area contributed by atoms with Crippen molar-refractivity contribution in [2.24, 2.45) is 7.05 Å². The van der Waals surface area contributed by atoms with Crippen LogP contribution in [0.25, 0.3) is 0 Å². The van der Waals surface area contributed by atoms with Gasteiger partial charge in [-0.3, -0.25) is 4.68 Å². The van der Waals surface area contributed by atoms with Crippen LogP contribution in [-0.4, -0.2) is 16.8 Å². The molecule has 2 aromatic rings. The number of aryl methyl sites for hydroxylation is 2. The fourth-order valence-corrected chi connectivity index (χ4v) is 2.05. The van der Waals surface area contributed by atoms with Crippen LogP contribution in [0.5, 0.6) is 5.75 Å². The molecule has 0 unspecified atom stereocenters. The number of nitrogens with one attached hydrogen (secondary N) is 1. The summed E-state index contributed by atoms with van der Waals surface area (Å²) in [6.07, 6.45) is 0.889. The Morgan fingerprint density at radius 1 is 1.30 bits per heavy atom. The SMILES string of the molecule is CCc1cc(COc2cc(F)cc(CNC)c2)n(C)n1. The zero-order chi connectivity index (χ0) is 14.5. The van der Waals surface area contributed by atoms with Gasteiger partial charge in [-0.25, -0.2) is 4.39 Å². The van der Waals surface area contributed by atoms with Crippen LogP contribution >= 0.6 is 0 Å². The van der Waals surface area contributed by atoms with Crippen molar-refractivity contribution in [2.75, 3.05) is 7.05 Å². The van der Waals surface area contributed by atoms with Crippen molar-refractivity contribution in [3.8, 4) is 5.75 Å². The highest BCUT2D eigenvalue weighted by Crippen LogP contribution is 2.18. The van der Waals surface area contributed by atoms with Crippen LogP contribution < -0.4 is 10.1 Å². The van der Waals surface area contributed by atoms with E-state index in [-0.39, 0.29) is 5.82 Å². The largest absolute Gasteiger partial charge is 0.487 e. The van der Waals surface area contributed by atoms with Gasteiger partial charge in [-0.15, -0.1) is 0 Å². The van der Waals surface area contributed by atoms with Gasteiger partial charge < -0.3 is 10.1 Å². The van der Waals surface area contributed by atoms with Gasteiger partial charge in [-0.05, 0) is 37.2 Å². The first-order chi connectivity index (χ1) is 9.62. The number of benzene rings is 1. The number of ether oxygens (including phenoxy) is 1. The fraction of sp³-hybridized carbons (Fsp3) is 0.400. The number of rotatable bonds is 6. The molecule has 0 radical (unpaired) electrons. The number of aromatic nitrogens is 2. The van der Waals surface area contributed by atoms with E-state index in [1.54, 1.807) is 4.68 Å². The minimum Gasteiger partial charge on any atom is -0.487 e. The van der Waals surface area contributed by atoms with E-state index in [1.807, 2.05) is 26.2 Å². The zero-order valence-electron chi connectivity index (χ0n) is 12.1. The molecule has 1 N–H and O–H groups in total. The monoisotopic (exact) mass is 277 g/mol. The molecule has 0 saturated heterocycles. The Morgan fingerprint density at radius 2 is 2.10 bits per heavy atom. The van der Waals surface area contributed by atoms with Gasteiger partial charge >= 0.3 is 0 Å². The lowest BCUT2D eigenvalue weighted by molar-refractivity contribution is 0.293. The second kappa shape index (κ2) is 6.52. The lowest BCUT2D eigenvalue weighted by atomic mass is 10.2. The Kier molecular flexibility index (Phi) is 4.74. The van der Waals surface area contributed by atoms with Crippen LogP contribution in [0.1, 0.15) is 23.9 Å². The summed E-state index contributed by atoms with van der Waals surface area (Å²) in [5, 5.41) is 7.35. The number of nitrogens with zero attached hydrogens (tertiary/aromatic N) is 2. The van der Waals surface area contributed by atoms with Gasteiger partial charge in [0.15, 0.2) is 0 Å². The van der Waals surface area contributed by atoms with E-state index in [4.69, 9.17) is 4.74 Å². The van der Waals surface area contributed by atoms with Crippen molar-refractivity contribution >= 4 is 0 Å². The van der Waals surface area contributed by atoms with Crippen LogP contribution in [0.3, 0.4) is 0 Å². The first kappa shape index (κ1) is 14.5. The molecule has 5 heteroatoms. The zero-order valence-corrected chi connectivity index (χ0v) is 12.1. The summed E-state index contributed by atoms with van der Waals surface area (Å²) in [4.78, 5) is 0. The van der Waals surface area contributed by atoms with Gasteiger partial charge in [-0.2, -0.15) is 5.10 Å².